The molecule has 0 spiro atoms. The van der Waals surface area contributed by atoms with Gasteiger partial charge in [-0.3, -0.25) is 0 Å². The Kier molecular flexibility index (Phi) is 4.86. The summed E-state index contributed by atoms with van der Waals surface area (Å²) in [6.45, 7) is 4.34. The fourth-order valence-electron chi connectivity index (χ4n) is 2.33. The highest BCUT2D eigenvalue weighted by molar-refractivity contribution is 6.30. The van der Waals surface area contributed by atoms with Crippen molar-refractivity contribution < 1.29 is 4.39 Å². The van der Waals surface area contributed by atoms with E-state index in [1.165, 1.54) is 6.07 Å². The third kappa shape index (κ3) is 3.74. The molecule has 0 saturated carbocycles. The lowest BCUT2D eigenvalue weighted by Gasteiger charge is -2.25. The van der Waals surface area contributed by atoms with Crippen molar-refractivity contribution in [2.45, 2.75) is 26.4 Å². The molecule has 0 aliphatic carbocycles. The van der Waals surface area contributed by atoms with Crippen molar-refractivity contribution in [1.82, 2.24) is 0 Å². The van der Waals surface area contributed by atoms with Gasteiger partial charge < -0.3 is 10.6 Å². The summed E-state index contributed by atoms with van der Waals surface area (Å²) in [5.41, 5.74) is 9.51. The first-order valence-corrected chi connectivity index (χ1v) is 7.27. The number of aryl methyl sites for hydroxylation is 1. The van der Waals surface area contributed by atoms with E-state index >= 15 is 0 Å². The third-order valence-corrected chi connectivity index (χ3v) is 3.79. The summed E-state index contributed by atoms with van der Waals surface area (Å²) in [5, 5.41) is 0.718. The Morgan fingerprint density at radius 1 is 1.24 bits per heavy atom. The van der Waals surface area contributed by atoms with Crippen molar-refractivity contribution in [1.29, 1.82) is 0 Å². The second-order valence-corrected chi connectivity index (χ2v) is 5.87. The van der Waals surface area contributed by atoms with Crippen LogP contribution < -0.4 is 10.6 Å². The highest BCUT2D eigenvalue weighted by Crippen LogP contribution is 2.28. The van der Waals surface area contributed by atoms with Crippen LogP contribution in [-0.2, 0) is 6.54 Å². The van der Waals surface area contributed by atoms with E-state index in [1.54, 1.807) is 6.92 Å². The molecule has 0 saturated heterocycles. The Morgan fingerprint density at radius 2 is 1.86 bits per heavy atom. The van der Waals surface area contributed by atoms with Gasteiger partial charge in [0.25, 0.3) is 0 Å². The zero-order valence-corrected chi connectivity index (χ0v) is 13.3. The zero-order valence-electron chi connectivity index (χ0n) is 12.5. The van der Waals surface area contributed by atoms with Crippen LogP contribution in [0.3, 0.4) is 0 Å². The van der Waals surface area contributed by atoms with Gasteiger partial charge in [-0.2, -0.15) is 0 Å². The van der Waals surface area contributed by atoms with Gasteiger partial charge >= 0.3 is 0 Å². The smallest absolute Gasteiger partial charge is 0.126 e. The summed E-state index contributed by atoms with van der Waals surface area (Å²) < 4.78 is 13.8. The molecule has 2 nitrogen and oxygen atoms in total. The van der Waals surface area contributed by atoms with Gasteiger partial charge in [0.05, 0.1) is 0 Å². The van der Waals surface area contributed by atoms with Gasteiger partial charge in [-0.1, -0.05) is 23.7 Å². The van der Waals surface area contributed by atoms with E-state index in [9.17, 15) is 4.39 Å². The largest absolute Gasteiger partial charge is 0.370 e. The Morgan fingerprint density at radius 3 is 2.43 bits per heavy atom. The van der Waals surface area contributed by atoms with Crippen LogP contribution in [0, 0.1) is 12.7 Å². The van der Waals surface area contributed by atoms with Gasteiger partial charge in [-0.05, 0) is 54.8 Å². The van der Waals surface area contributed by atoms with Crippen LogP contribution in [0.1, 0.15) is 29.7 Å². The van der Waals surface area contributed by atoms with Gasteiger partial charge in [0.15, 0.2) is 0 Å². The molecule has 4 heteroatoms. The predicted octanol–water partition coefficient (Wildman–Crippen LogP) is 4.44. The summed E-state index contributed by atoms with van der Waals surface area (Å²) in [5.74, 6) is -0.217. The molecule has 0 amide bonds. The minimum atomic E-state index is -0.220. The van der Waals surface area contributed by atoms with Crippen molar-refractivity contribution in [3.8, 4) is 0 Å². The standard InChI is InChI=1S/C17H20ClFN2/c1-11-8-17(15(12(2)20)9-16(11)19)21(3)10-13-4-6-14(18)7-5-13/h4-9,12H,10,20H2,1-3H3/t12-/m1/s1. The average molecular weight is 307 g/mol. The monoisotopic (exact) mass is 306 g/mol. The Balaban J connectivity index is 2.31. The molecular weight excluding hydrogens is 287 g/mol. The van der Waals surface area contributed by atoms with Gasteiger partial charge in [-0.25, -0.2) is 4.39 Å². The van der Waals surface area contributed by atoms with E-state index in [0.717, 1.165) is 21.8 Å². The van der Waals surface area contributed by atoms with E-state index in [2.05, 4.69) is 4.90 Å². The minimum absolute atomic E-state index is 0.217. The molecule has 0 heterocycles. The van der Waals surface area contributed by atoms with Crippen molar-refractivity contribution in [3.05, 3.63) is 63.9 Å². The fraction of sp³-hybridized carbons (Fsp3) is 0.294. The Labute approximate surface area is 130 Å². The maximum Gasteiger partial charge on any atom is 0.126 e. The summed E-state index contributed by atoms with van der Waals surface area (Å²) in [7, 11) is 1.98. The van der Waals surface area contributed by atoms with Crippen molar-refractivity contribution in [3.63, 3.8) is 0 Å². The number of rotatable bonds is 4. The van der Waals surface area contributed by atoms with Crippen molar-refractivity contribution in [2.24, 2.45) is 5.73 Å². The molecule has 0 fully saturated rings. The molecule has 0 unspecified atom stereocenters. The topological polar surface area (TPSA) is 29.3 Å². The number of anilines is 1. The van der Waals surface area contributed by atoms with E-state index in [1.807, 2.05) is 44.3 Å². The van der Waals surface area contributed by atoms with Gasteiger partial charge in [0.1, 0.15) is 5.82 Å². The van der Waals surface area contributed by atoms with Crippen LogP contribution in [0.2, 0.25) is 5.02 Å². The van der Waals surface area contributed by atoms with Crippen LogP contribution in [0.5, 0.6) is 0 Å². The van der Waals surface area contributed by atoms with Crippen LogP contribution in [0.4, 0.5) is 10.1 Å². The van der Waals surface area contributed by atoms with Crippen LogP contribution in [-0.4, -0.2) is 7.05 Å². The Hall–Kier alpha value is -1.58. The second kappa shape index (κ2) is 6.46. The highest BCUT2D eigenvalue weighted by Gasteiger charge is 2.14. The van der Waals surface area contributed by atoms with Crippen molar-refractivity contribution in [2.75, 3.05) is 11.9 Å². The summed E-state index contributed by atoms with van der Waals surface area (Å²) in [6.07, 6.45) is 0. The van der Waals surface area contributed by atoms with Crippen LogP contribution >= 0.6 is 11.6 Å². The lowest BCUT2D eigenvalue weighted by Crippen LogP contribution is -2.20. The number of nitrogens with zero attached hydrogens (tertiary/aromatic N) is 1. The molecule has 0 bridgehead atoms. The maximum atomic E-state index is 13.8. The molecule has 112 valence electrons. The minimum Gasteiger partial charge on any atom is -0.370 e. The quantitative estimate of drug-likeness (QED) is 0.904. The average Bonchev–Trinajstić information content (AvgIpc) is 2.43. The molecule has 0 radical (unpaired) electrons. The number of nitrogens with two attached hydrogens (primary N) is 1. The molecule has 2 N–H and O–H groups in total. The lowest BCUT2D eigenvalue weighted by atomic mass is 10.0. The molecule has 0 aromatic heterocycles. The SMILES string of the molecule is Cc1cc(N(C)Cc2ccc(Cl)cc2)c([C@@H](C)N)cc1F. The first-order chi connectivity index (χ1) is 9.88. The molecule has 21 heavy (non-hydrogen) atoms. The molecule has 0 aliphatic rings. The summed E-state index contributed by atoms with van der Waals surface area (Å²) in [6, 6.07) is 10.9. The number of halogens is 2. The predicted molar refractivity (Wildman–Crippen MR) is 87.3 cm³/mol. The normalized spacial score (nSPS) is 12.3. The van der Waals surface area contributed by atoms with Gasteiger partial charge in [0.2, 0.25) is 0 Å². The lowest BCUT2D eigenvalue weighted by molar-refractivity contribution is 0.612. The van der Waals surface area contributed by atoms with E-state index < -0.39 is 0 Å². The molecule has 0 aliphatic heterocycles. The van der Waals surface area contributed by atoms with Gasteiger partial charge in [0, 0.05) is 30.3 Å². The van der Waals surface area contributed by atoms with Crippen molar-refractivity contribution >= 4 is 17.3 Å². The first kappa shape index (κ1) is 15.8. The third-order valence-electron chi connectivity index (χ3n) is 3.54. The Bertz CT molecular complexity index is 623. The van der Waals surface area contributed by atoms with E-state index in [4.69, 9.17) is 17.3 Å². The second-order valence-electron chi connectivity index (χ2n) is 5.43. The summed E-state index contributed by atoms with van der Waals surface area (Å²) in [4.78, 5) is 2.08. The number of hydrogen-bond acceptors (Lipinski definition) is 2. The molecular formula is C17H20ClFN2. The fourth-order valence-corrected chi connectivity index (χ4v) is 2.45. The molecule has 2 aromatic carbocycles. The van der Waals surface area contributed by atoms with Crippen LogP contribution in [0.15, 0.2) is 36.4 Å². The van der Waals surface area contributed by atoms with Crippen LogP contribution in [0.25, 0.3) is 0 Å². The number of benzene rings is 2. The first-order valence-electron chi connectivity index (χ1n) is 6.89. The molecule has 1 atom stereocenters. The highest BCUT2D eigenvalue weighted by atomic mass is 35.5. The van der Waals surface area contributed by atoms with E-state index in [-0.39, 0.29) is 11.9 Å². The van der Waals surface area contributed by atoms with E-state index in [0.29, 0.717) is 12.1 Å². The zero-order chi connectivity index (χ0) is 15.6. The summed E-state index contributed by atoms with van der Waals surface area (Å²) >= 11 is 5.90. The van der Waals surface area contributed by atoms with Gasteiger partial charge in [-0.15, -0.1) is 0 Å². The molecule has 2 aromatic rings. The molecule has 2 rings (SSSR count). The maximum absolute atomic E-state index is 13.8. The number of hydrogen-bond donors (Lipinski definition) is 1.